The van der Waals surface area contributed by atoms with Crippen LogP contribution in [0.1, 0.15) is 24.6 Å². The number of piperidine rings is 1. The van der Waals surface area contributed by atoms with Gasteiger partial charge in [-0.05, 0) is 49.2 Å². The van der Waals surface area contributed by atoms with Crippen molar-refractivity contribution in [3.63, 3.8) is 0 Å². The third kappa shape index (κ3) is 3.70. The first kappa shape index (κ1) is 20.2. The topological polar surface area (TPSA) is 49.6 Å². The summed E-state index contributed by atoms with van der Waals surface area (Å²) in [6.45, 7) is 1.03. The molecule has 1 unspecified atom stereocenters. The molecule has 0 spiro atoms. The average Bonchev–Trinajstić information content (AvgIpc) is 3.20. The Morgan fingerprint density at radius 3 is 2.53 bits per heavy atom. The number of amides is 2. The number of rotatable bonds is 3. The lowest BCUT2D eigenvalue weighted by Crippen LogP contribution is -2.42. The third-order valence-electron chi connectivity index (χ3n) is 5.89. The number of halogens is 2. The van der Waals surface area contributed by atoms with Crippen LogP contribution in [0.4, 0.5) is 19.3 Å². The van der Waals surface area contributed by atoms with E-state index >= 15 is 0 Å². The molecule has 162 valence electrons. The summed E-state index contributed by atoms with van der Waals surface area (Å²) in [6, 6.07) is 18.1. The van der Waals surface area contributed by atoms with E-state index in [0.717, 1.165) is 24.2 Å². The van der Waals surface area contributed by atoms with Gasteiger partial charge in [0.2, 0.25) is 0 Å². The number of pyridine rings is 1. The number of imidazole rings is 1. The van der Waals surface area contributed by atoms with Crippen molar-refractivity contribution < 1.29 is 13.6 Å². The number of urea groups is 1. The summed E-state index contributed by atoms with van der Waals surface area (Å²) in [5.41, 5.74) is 2.02. The van der Waals surface area contributed by atoms with Gasteiger partial charge in [0.05, 0.1) is 16.9 Å². The van der Waals surface area contributed by atoms with Crippen LogP contribution in [-0.2, 0) is 0 Å². The van der Waals surface area contributed by atoms with Crippen LogP contribution in [0, 0.1) is 11.6 Å². The fourth-order valence-electron chi connectivity index (χ4n) is 4.33. The van der Waals surface area contributed by atoms with Gasteiger partial charge in [-0.2, -0.15) is 0 Å². The van der Waals surface area contributed by atoms with Crippen LogP contribution in [0.2, 0.25) is 0 Å². The molecule has 1 aliphatic rings. The monoisotopic (exact) mass is 432 g/mol. The maximum absolute atomic E-state index is 14.5. The molecule has 32 heavy (non-hydrogen) atoms. The Kier molecular flexibility index (Phi) is 5.31. The standard InChI is InChI=1S/C25H22F2N4O/c26-19-10-2-1-9-18(19)23-22-13-5-6-15-31(22)24(29-23)17-8-7-14-30(16-17)25(32)28-21-12-4-3-11-20(21)27/h1-6,9-13,15,17H,7-8,14,16H2,(H,28,32). The minimum atomic E-state index is -0.469. The molecule has 2 aromatic heterocycles. The minimum absolute atomic E-state index is 0.0226. The Hall–Kier alpha value is -3.74. The van der Waals surface area contributed by atoms with E-state index < -0.39 is 5.82 Å². The lowest BCUT2D eigenvalue weighted by Gasteiger charge is -2.32. The lowest BCUT2D eigenvalue weighted by atomic mass is 9.97. The summed E-state index contributed by atoms with van der Waals surface area (Å²) in [5, 5.41) is 2.66. The maximum atomic E-state index is 14.5. The van der Waals surface area contributed by atoms with Crippen molar-refractivity contribution >= 4 is 17.2 Å². The second kappa shape index (κ2) is 8.42. The summed E-state index contributed by atoms with van der Waals surface area (Å²) >= 11 is 0. The minimum Gasteiger partial charge on any atom is -0.324 e. The molecule has 0 saturated carbocycles. The Morgan fingerprint density at radius 1 is 0.969 bits per heavy atom. The average molecular weight is 432 g/mol. The van der Waals surface area contributed by atoms with E-state index in [2.05, 4.69) is 5.32 Å². The Balaban J connectivity index is 1.45. The van der Waals surface area contributed by atoms with E-state index in [4.69, 9.17) is 4.98 Å². The number of likely N-dealkylation sites (tertiary alicyclic amines) is 1. The number of nitrogens with zero attached hydrogens (tertiary/aromatic N) is 3. The molecule has 5 nitrogen and oxygen atoms in total. The van der Waals surface area contributed by atoms with Gasteiger partial charge in [-0.25, -0.2) is 18.6 Å². The number of aromatic nitrogens is 2. The fraction of sp³-hybridized carbons (Fsp3) is 0.200. The zero-order valence-corrected chi connectivity index (χ0v) is 17.3. The second-order valence-corrected chi connectivity index (χ2v) is 7.95. The predicted molar refractivity (Wildman–Crippen MR) is 120 cm³/mol. The first-order chi connectivity index (χ1) is 15.6. The summed E-state index contributed by atoms with van der Waals surface area (Å²) in [7, 11) is 0. The van der Waals surface area contributed by atoms with Crippen molar-refractivity contribution in [1.82, 2.24) is 14.3 Å². The SMILES string of the molecule is O=C(Nc1ccccc1F)N1CCCC(c2nc(-c3ccccc3F)c3ccccn23)C1. The van der Waals surface area contributed by atoms with Crippen molar-refractivity contribution in [3.8, 4) is 11.3 Å². The second-order valence-electron chi connectivity index (χ2n) is 7.95. The molecule has 4 aromatic rings. The van der Waals surface area contributed by atoms with Gasteiger partial charge in [-0.3, -0.25) is 0 Å². The molecule has 0 radical (unpaired) electrons. The molecule has 0 bridgehead atoms. The zero-order chi connectivity index (χ0) is 22.1. The number of fused-ring (bicyclic) bond motifs is 1. The molecule has 7 heteroatoms. The van der Waals surface area contributed by atoms with Crippen LogP contribution in [0.5, 0.6) is 0 Å². The van der Waals surface area contributed by atoms with E-state index in [-0.39, 0.29) is 23.5 Å². The lowest BCUT2D eigenvalue weighted by molar-refractivity contribution is 0.191. The summed E-state index contributed by atoms with van der Waals surface area (Å²) in [6.07, 6.45) is 3.57. The molecule has 2 aromatic carbocycles. The van der Waals surface area contributed by atoms with Gasteiger partial charge >= 0.3 is 6.03 Å². The number of nitrogens with one attached hydrogen (secondary N) is 1. The Morgan fingerprint density at radius 2 is 1.72 bits per heavy atom. The number of carbonyl (C=O) groups excluding carboxylic acids is 1. The fourth-order valence-corrected chi connectivity index (χ4v) is 4.33. The van der Waals surface area contributed by atoms with E-state index in [0.29, 0.717) is 24.3 Å². The largest absolute Gasteiger partial charge is 0.324 e. The first-order valence-corrected chi connectivity index (χ1v) is 10.6. The zero-order valence-electron chi connectivity index (χ0n) is 17.3. The van der Waals surface area contributed by atoms with Gasteiger partial charge in [-0.1, -0.05) is 30.3 Å². The van der Waals surface area contributed by atoms with E-state index in [1.165, 1.54) is 18.2 Å². The molecule has 2 amide bonds. The van der Waals surface area contributed by atoms with E-state index in [1.807, 2.05) is 28.8 Å². The first-order valence-electron chi connectivity index (χ1n) is 10.6. The molecule has 1 atom stereocenters. The number of hydrogen-bond donors (Lipinski definition) is 1. The van der Waals surface area contributed by atoms with Crippen molar-refractivity contribution in [2.45, 2.75) is 18.8 Å². The van der Waals surface area contributed by atoms with Crippen molar-refractivity contribution in [2.75, 3.05) is 18.4 Å². The van der Waals surface area contributed by atoms with Crippen LogP contribution in [0.15, 0.2) is 72.9 Å². The van der Waals surface area contributed by atoms with Crippen LogP contribution < -0.4 is 5.32 Å². The third-order valence-corrected chi connectivity index (χ3v) is 5.89. The van der Waals surface area contributed by atoms with Gasteiger partial charge < -0.3 is 14.6 Å². The summed E-state index contributed by atoms with van der Waals surface area (Å²) in [5.74, 6) is -0.0200. The number of anilines is 1. The molecule has 3 heterocycles. The highest BCUT2D eigenvalue weighted by molar-refractivity contribution is 5.89. The molecular formula is C25H22F2N4O. The van der Waals surface area contributed by atoms with Gasteiger partial charge in [-0.15, -0.1) is 0 Å². The van der Waals surface area contributed by atoms with Crippen molar-refractivity contribution in [3.05, 3.63) is 90.4 Å². The van der Waals surface area contributed by atoms with Gasteiger partial charge in [0.25, 0.3) is 0 Å². The number of benzene rings is 2. The Labute approximate surface area is 184 Å². The highest BCUT2D eigenvalue weighted by Gasteiger charge is 2.29. The van der Waals surface area contributed by atoms with Crippen molar-refractivity contribution in [1.29, 1.82) is 0 Å². The highest BCUT2D eigenvalue weighted by Crippen LogP contribution is 2.33. The number of para-hydroxylation sites is 1. The van der Waals surface area contributed by atoms with Gasteiger partial charge in [0, 0.05) is 30.8 Å². The molecule has 1 aliphatic heterocycles. The van der Waals surface area contributed by atoms with Crippen molar-refractivity contribution in [2.24, 2.45) is 0 Å². The predicted octanol–water partition coefficient (Wildman–Crippen LogP) is 5.69. The van der Waals surface area contributed by atoms with Crippen LogP contribution >= 0.6 is 0 Å². The van der Waals surface area contributed by atoms with Crippen LogP contribution in [-0.4, -0.2) is 33.4 Å². The van der Waals surface area contributed by atoms with Gasteiger partial charge in [0.15, 0.2) is 0 Å². The van der Waals surface area contributed by atoms with E-state index in [9.17, 15) is 13.6 Å². The molecule has 0 aliphatic carbocycles. The summed E-state index contributed by atoms with van der Waals surface area (Å²) < 4.78 is 30.5. The smallest absolute Gasteiger partial charge is 0.321 e. The van der Waals surface area contributed by atoms with Crippen LogP contribution in [0.25, 0.3) is 16.8 Å². The number of carbonyl (C=O) groups is 1. The van der Waals surface area contributed by atoms with Crippen LogP contribution in [0.3, 0.4) is 0 Å². The molecular weight excluding hydrogens is 410 g/mol. The Bertz CT molecular complexity index is 1290. The highest BCUT2D eigenvalue weighted by atomic mass is 19.1. The maximum Gasteiger partial charge on any atom is 0.321 e. The normalized spacial score (nSPS) is 16.3. The van der Waals surface area contributed by atoms with E-state index in [1.54, 1.807) is 35.2 Å². The molecule has 1 saturated heterocycles. The number of hydrogen-bond acceptors (Lipinski definition) is 2. The quantitative estimate of drug-likeness (QED) is 0.452. The molecule has 5 rings (SSSR count). The molecule has 1 fully saturated rings. The van der Waals surface area contributed by atoms with Gasteiger partial charge in [0.1, 0.15) is 17.5 Å². The summed E-state index contributed by atoms with van der Waals surface area (Å²) in [4.78, 5) is 19.3. The molecule has 1 N–H and O–H groups in total.